The molecule has 2 aromatic rings. The summed E-state index contributed by atoms with van der Waals surface area (Å²) in [5.74, 6) is -1.53. The van der Waals surface area contributed by atoms with Gasteiger partial charge in [0.15, 0.2) is 0 Å². The number of likely N-dealkylation sites (tertiary alicyclic amines) is 1. The summed E-state index contributed by atoms with van der Waals surface area (Å²) in [7, 11) is 3.98. The Morgan fingerprint density at radius 1 is 1.03 bits per heavy atom. The van der Waals surface area contributed by atoms with Gasteiger partial charge in [0.2, 0.25) is 0 Å². The fourth-order valence-electron chi connectivity index (χ4n) is 3.81. The lowest BCUT2D eigenvalue weighted by Gasteiger charge is -2.25. The minimum absolute atomic E-state index is 0.0647. The van der Waals surface area contributed by atoms with Crippen molar-refractivity contribution >= 4 is 28.9 Å². The molecule has 0 saturated carbocycles. The van der Waals surface area contributed by atoms with E-state index in [4.69, 9.17) is 0 Å². The van der Waals surface area contributed by atoms with Crippen LogP contribution in [0.15, 0.2) is 48.5 Å². The number of hydrogen-bond donors (Lipinski definition) is 3. The Bertz CT molecular complexity index is 922. The molecule has 0 aromatic heterocycles. The maximum absolute atomic E-state index is 12.4. The Morgan fingerprint density at radius 2 is 1.65 bits per heavy atom. The SMILES string of the molecule is CN(C)c1ccc([C@@H](CNC(=O)C(=O)Nc2ccc([N+](=O)[O-])cc2)[NH+]2CCCC2)cc1. The van der Waals surface area contributed by atoms with E-state index in [-0.39, 0.29) is 11.7 Å². The second kappa shape index (κ2) is 10.0. The average molecular weight is 426 g/mol. The molecule has 1 fully saturated rings. The lowest BCUT2D eigenvalue weighted by Crippen LogP contribution is -3.11. The van der Waals surface area contributed by atoms with Crippen molar-refractivity contribution < 1.29 is 19.4 Å². The lowest BCUT2D eigenvalue weighted by atomic mass is 10.0. The second-order valence-corrected chi connectivity index (χ2v) is 7.87. The molecule has 3 N–H and O–H groups in total. The maximum atomic E-state index is 12.4. The first-order valence-corrected chi connectivity index (χ1v) is 10.3. The normalized spacial score (nSPS) is 14.6. The largest absolute Gasteiger partial charge is 0.378 e. The van der Waals surface area contributed by atoms with E-state index in [0.717, 1.165) is 37.2 Å². The zero-order valence-corrected chi connectivity index (χ0v) is 17.8. The molecule has 0 spiro atoms. The second-order valence-electron chi connectivity index (χ2n) is 7.87. The van der Waals surface area contributed by atoms with Gasteiger partial charge < -0.3 is 20.4 Å². The van der Waals surface area contributed by atoms with Crippen LogP contribution < -0.4 is 20.4 Å². The molecule has 1 heterocycles. The van der Waals surface area contributed by atoms with E-state index in [0.29, 0.717) is 12.2 Å². The molecular weight excluding hydrogens is 398 g/mol. The average Bonchev–Trinajstić information content (AvgIpc) is 3.29. The topological polar surface area (TPSA) is 109 Å². The van der Waals surface area contributed by atoms with Crippen molar-refractivity contribution in [1.82, 2.24) is 5.32 Å². The third-order valence-corrected chi connectivity index (χ3v) is 5.56. The molecule has 31 heavy (non-hydrogen) atoms. The highest BCUT2D eigenvalue weighted by atomic mass is 16.6. The molecule has 1 aliphatic rings. The smallest absolute Gasteiger partial charge is 0.313 e. The van der Waals surface area contributed by atoms with Gasteiger partial charge in [0.1, 0.15) is 6.04 Å². The number of carbonyl (C=O) groups is 2. The van der Waals surface area contributed by atoms with Crippen molar-refractivity contribution in [3.8, 4) is 0 Å². The van der Waals surface area contributed by atoms with Crippen LogP contribution in [0.25, 0.3) is 0 Å². The molecular formula is C22H28N5O4+. The van der Waals surface area contributed by atoms with Crippen molar-refractivity contribution in [2.24, 2.45) is 0 Å². The summed E-state index contributed by atoms with van der Waals surface area (Å²) in [6.07, 6.45) is 2.30. The standard InChI is InChI=1S/C22H27N5O4/c1-25(2)18-9-5-16(6-10-18)20(26-13-3-4-14-26)15-23-21(28)22(29)24-17-7-11-19(12-8-17)27(30)31/h5-12,20H,3-4,13-15H2,1-2H3,(H,23,28)(H,24,29)/p+1/t20-/m1/s1. The molecule has 3 rings (SSSR count). The Balaban J connectivity index is 1.62. The van der Waals surface area contributed by atoms with Gasteiger partial charge in [-0.2, -0.15) is 0 Å². The summed E-state index contributed by atoms with van der Waals surface area (Å²) >= 11 is 0. The molecule has 0 bridgehead atoms. The summed E-state index contributed by atoms with van der Waals surface area (Å²) < 4.78 is 0. The monoisotopic (exact) mass is 426 g/mol. The van der Waals surface area contributed by atoms with E-state index in [1.165, 1.54) is 29.2 Å². The third-order valence-electron chi connectivity index (χ3n) is 5.56. The van der Waals surface area contributed by atoms with Crippen LogP contribution in [-0.2, 0) is 9.59 Å². The van der Waals surface area contributed by atoms with Crippen LogP contribution in [0.2, 0.25) is 0 Å². The first-order valence-electron chi connectivity index (χ1n) is 10.3. The number of non-ortho nitro benzene ring substituents is 1. The highest BCUT2D eigenvalue weighted by Crippen LogP contribution is 2.17. The fourth-order valence-corrected chi connectivity index (χ4v) is 3.81. The molecule has 9 heteroatoms. The fraction of sp³-hybridized carbons (Fsp3) is 0.364. The molecule has 0 unspecified atom stereocenters. The van der Waals surface area contributed by atoms with E-state index in [2.05, 4.69) is 34.9 Å². The zero-order valence-electron chi connectivity index (χ0n) is 17.8. The van der Waals surface area contributed by atoms with Crippen molar-refractivity contribution in [1.29, 1.82) is 0 Å². The summed E-state index contributed by atoms with van der Waals surface area (Å²) in [5.41, 5.74) is 2.47. The number of nitrogens with zero attached hydrogens (tertiary/aromatic N) is 2. The van der Waals surface area contributed by atoms with Gasteiger partial charge >= 0.3 is 11.8 Å². The molecule has 0 aliphatic carbocycles. The number of carbonyl (C=O) groups excluding carboxylic acids is 2. The van der Waals surface area contributed by atoms with Gasteiger partial charge in [0.25, 0.3) is 5.69 Å². The van der Waals surface area contributed by atoms with Crippen LogP contribution in [0.4, 0.5) is 17.1 Å². The molecule has 9 nitrogen and oxygen atoms in total. The van der Waals surface area contributed by atoms with Gasteiger partial charge in [-0.25, -0.2) is 0 Å². The number of nitro groups is 1. The van der Waals surface area contributed by atoms with E-state index < -0.39 is 16.7 Å². The molecule has 2 amide bonds. The molecule has 1 saturated heterocycles. The third kappa shape index (κ3) is 5.79. The van der Waals surface area contributed by atoms with E-state index in [1.54, 1.807) is 0 Å². The van der Waals surface area contributed by atoms with Gasteiger partial charge in [-0.3, -0.25) is 19.7 Å². The Labute approximate surface area is 181 Å². The van der Waals surface area contributed by atoms with Gasteiger partial charge in [0.05, 0.1) is 24.6 Å². The zero-order chi connectivity index (χ0) is 22.4. The number of rotatable bonds is 7. The molecule has 1 atom stereocenters. The van der Waals surface area contributed by atoms with Crippen LogP contribution in [0.5, 0.6) is 0 Å². The van der Waals surface area contributed by atoms with Crippen molar-refractivity contribution in [3.63, 3.8) is 0 Å². The van der Waals surface area contributed by atoms with Crippen molar-refractivity contribution in [3.05, 3.63) is 64.2 Å². The summed E-state index contributed by atoms with van der Waals surface area (Å²) in [6.45, 7) is 2.42. The summed E-state index contributed by atoms with van der Waals surface area (Å²) in [4.78, 5) is 38.2. The number of amides is 2. The molecule has 164 valence electrons. The van der Waals surface area contributed by atoms with Gasteiger partial charge in [-0.05, 0) is 24.3 Å². The predicted molar refractivity (Wildman–Crippen MR) is 118 cm³/mol. The highest BCUT2D eigenvalue weighted by molar-refractivity contribution is 6.39. The maximum Gasteiger partial charge on any atom is 0.313 e. The quantitative estimate of drug-likeness (QED) is 0.349. The predicted octanol–water partition coefficient (Wildman–Crippen LogP) is 1.14. The molecule has 1 aliphatic heterocycles. The summed E-state index contributed by atoms with van der Waals surface area (Å²) in [5, 5.41) is 15.9. The van der Waals surface area contributed by atoms with E-state index in [9.17, 15) is 19.7 Å². The molecule has 0 radical (unpaired) electrons. The van der Waals surface area contributed by atoms with Crippen LogP contribution in [0.3, 0.4) is 0 Å². The summed E-state index contributed by atoms with van der Waals surface area (Å²) in [6, 6.07) is 13.7. The minimum atomic E-state index is -0.799. The number of hydrogen-bond acceptors (Lipinski definition) is 5. The van der Waals surface area contributed by atoms with Gasteiger partial charge in [-0.1, -0.05) is 12.1 Å². The number of nitro benzene ring substituents is 1. The molecule has 2 aromatic carbocycles. The first kappa shape index (κ1) is 22.2. The van der Waals surface area contributed by atoms with Gasteiger partial charge in [0, 0.05) is 56.0 Å². The number of quaternary nitrogens is 1. The van der Waals surface area contributed by atoms with Crippen LogP contribution >= 0.6 is 0 Å². The lowest BCUT2D eigenvalue weighted by molar-refractivity contribution is -0.918. The van der Waals surface area contributed by atoms with E-state index in [1.807, 2.05) is 19.0 Å². The first-order chi connectivity index (χ1) is 14.8. The Kier molecular flexibility index (Phi) is 7.19. The Hall–Kier alpha value is -3.46. The Morgan fingerprint density at radius 3 is 2.19 bits per heavy atom. The van der Waals surface area contributed by atoms with Crippen molar-refractivity contribution in [2.45, 2.75) is 18.9 Å². The van der Waals surface area contributed by atoms with Gasteiger partial charge in [-0.15, -0.1) is 0 Å². The number of benzene rings is 2. The number of nitrogens with one attached hydrogen (secondary N) is 3. The van der Waals surface area contributed by atoms with Crippen LogP contribution in [0.1, 0.15) is 24.4 Å². The van der Waals surface area contributed by atoms with E-state index >= 15 is 0 Å². The highest BCUT2D eigenvalue weighted by Gasteiger charge is 2.28. The minimum Gasteiger partial charge on any atom is -0.378 e. The van der Waals surface area contributed by atoms with Crippen LogP contribution in [-0.4, -0.2) is 50.5 Å². The van der Waals surface area contributed by atoms with Crippen LogP contribution in [0, 0.1) is 10.1 Å². The number of anilines is 2. The van der Waals surface area contributed by atoms with Crippen molar-refractivity contribution in [2.75, 3.05) is 43.9 Å².